The molecule has 2 heterocycles. The van der Waals surface area contributed by atoms with Gasteiger partial charge in [-0.2, -0.15) is 0 Å². The predicted molar refractivity (Wildman–Crippen MR) is 113 cm³/mol. The van der Waals surface area contributed by atoms with Crippen molar-refractivity contribution in [2.45, 2.75) is 44.9 Å². The highest BCUT2D eigenvalue weighted by Crippen LogP contribution is 2.06. The van der Waals surface area contributed by atoms with Gasteiger partial charge in [-0.15, -0.1) is 0 Å². The molecule has 0 unspecified atom stereocenters. The number of amides is 2. The van der Waals surface area contributed by atoms with Gasteiger partial charge in [-0.05, 0) is 37.1 Å². The molecule has 168 valence electrons. The van der Waals surface area contributed by atoms with Crippen LogP contribution in [-0.2, 0) is 9.59 Å². The summed E-state index contributed by atoms with van der Waals surface area (Å²) in [7, 11) is 0. The largest absolute Gasteiger partial charge is 0.481 e. The molecule has 6 N–H and O–H groups in total. The summed E-state index contributed by atoms with van der Waals surface area (Å²) in [6.07, 6.45) is 10.6. The van der Waals surface area contributed by atoms with Crippen LogP contribution in [0.1, 0.15) is 65.7 Å². The summed E-state index contributed by atoms with van der Waals surface area (Å²) >= 11 is 0. The summed E-state index contributed by atoms with van der Waals surface area (Å²) in [5, 5.41) is 16.6. The summed E-state index contributed by atoms with van der Waals surface area (Å²) in [5.74, 6) is -2.40. The number of rotatable bonds is 10. The van der Waals surface area contributed by atoms with Crippen LogP contribution in [0.5, 0.6) is 0 Å². The van der Waals surface area contributed by atoms with Crippen LogP contribution in [-0.4, -0.2) is 43.9 Å². The van der Waals surface area contributed by atoms with Crippen molar-refractivity contribution >= 4 is 23.8 Å². The minimum atomic E-state index is -0.759. The maximum Gasteiger partial charge on any atom is 0.303 e. The summed E-state index contributed by atoms with van der Waals surface area (Å²) in [6.45, 7) is 0. The molecule has 0 aliphatic rings. The van der Waals surface area contributed by atoms with Gasteiger partial charge in [-0.25, -0.2) is 0 Å². The Hall–Kier alpha value is -3.82. The number of carbonyl (C=O) groups is 4. The van der Waals surface area contributed by atoms with Gasteiger partial charge in [0, 0.05) is 37.6 Å². The van der Waals surface area contributed by atoms with Crippen LogP contribution in [0, 0.1) is 0 Å². The molecular weight excluding hydrogens is 404 g/mol. The van der Waals surface area contributed by atoms with E-state index in [2.05, 4.69) is 9.97 Å². The first-order valence-electron chi connectivity index (χ1n) is 9.57. The van der Waals surface area contributed by atoms with Gasteiger partial charge in [-0.1, -0.05) is 19.3 Å². The van der Waals surface area contributed by atoms with Gasteiger partial charge in [0.25, 0.3) is 0 Å². The van der Waals surface area contributed by atoms with Crippen molar-refractivity contribution in [1.82, 2.24) is 9.97 Å². The molecule has 0 aliphatic heterocycles. The minimum absolute atomic E-state index is 0.221. The Morgan fingerprint density at radius 3 is 1.26 bits per heavy atom. The minimum Gasteiger partial charge on any atom is -0.481 e. The fourth-order valence-electron chi connectivity index (χ4n) is 2.10. The highest BCUT2D eigenvalue weighted by atomic mass is 16.4. The Labute approximate surface area is 180 Å². The zero-order valence-corrected chi connectivity index (χ0v) is 17.1. The second kappa shape index (κ2) is 17.1. The molecule has 0 saturated heterocycles. The summed E-state index contributed by atoms with van der Waals surface area (Å²) < 4.78 is 0. The second-order valence-corrected chi connectivity index (χ2v) is 6.27. The van der Waals surface area contributed by atoms with E-state index >= 15 is 0 Å². The molecule has 0 saturated carbocycles. The Balaban J connectivity index is 0.000000445. The monoisotopic (exact) mass is 432 g/mol. The van der Waals surface area contributed by atoms with Crippen molar-refractivity contribution in [1.29, 1.82) is 0 Å². The lowest BCUT2D eigenvalue weighted by atomic mass is 10.1. The molecule has 0 radical (unpaired) electrons. The number of nitrogens with zero attached hydrogens (tertiary/aromatic N) is 2. The standard InChI is InChI=1S/C9H16O4.2C6H6N2O/c10-8(11)6-4-2-1-3-5-7-9(12)13;2*7-6(9)5-2-1-3-8-4-5/h1-7H2,(H,10,11)(H,12,13);2*1-4H,(H2,7,9). The summed E-state index contributed by atoms with van der Waals surface area (Å²) in [5.41, 5.74) is 10.8. The number of aromatic nitrogens is 2. The van der Waals surface area contributed by atoms with E-state index in [0.29, 0.717) is 24.0 Å². The highest BCUT2D eigenvalue weighted by molar-refractivity contribution is 5.92. The second-order valence-electron chi connectivity index (χ2n) is 6.27. The molecule has 0 atom stereocenters. The molecule has 31 heavy (non-hydrogen) atoms. The maximum atomic E-state index is 10.4. The first kappa shape index (κ1) is 27.2. The number of carboxylic acid groups (broad SMARTS) is 2. The zero-order chi connectivity index (χ0) is 23.5. The Morgan fingerprint density at radius 2 is 1.03 bits per heavy atom. The van der Waals surface area contributed by atoms with E-state index in [1.165, 1.54) is 12.4 Å². The normalized spacial score (nSPS) is 9.29. The van der Waals surface area contributed by atoms with E-state index in [9.17, 15) is 19.2 Å². The van der Waals surface area contributed by atoms with Crippen LogP contribution in [0.15, 0.2) is 49.1 Å². The van der Waals surface area contributed by atoms with Crippen LogP contribution in [0.4, 0.5) is 0 Å². The number of nitrogens with two attached hydrogens (primary N) is 2. The number of pyridine rings is 2. The van der Waals surface area contributed by atoms with Gasteiger partial charge in [0.15, 0.2) is 0 Å². The van der Waals surface area contributed by atoms with E-state index in [-0.39, 0.29) is 12.8 Å². The number of unbranched alkanes of at least 4 members (excludes halogenated alkanes) is 4. The smallest absolute Gasteiger partial charge is 0.303 e. The molecule has 0 aliphatic carbocycles. The van der Waals surface area contributed by atoms with Crippen molar-refractivity contribution < 1.29 is 29.4 Å². The summed E-state index contributed by atoms with van der Waals surface area (Å²) in [6, 6.07) is 6.57. The van der Waals surface area contributed by atoms with Crippen molar-refractivity contribution in [3.63, 3.8) is 0 Å². The topological polar surface area (TPSA) is 187 Å². The lowest BCUT2D eigenvalue weighted by Crippen LogP contribution is -2.10. The number of aliphatic carboxylic acids is 2. The number of hydrogen-bond acceptors (Lipinski definition) is 6. The van der Waals surface area contributed by atoms with E-state index in [1.807, 2.05) is 0 Å². The van der Waals surface area contributed by atoms with Gasteiger partial charge in [0.05, 0.1) is 11.1 Å². The zero-order valence-electron chi connectivity index (χ0n) is 17.1. The van der Waals surface area contributed by atoms with Crippen LogP contribution < -0.4 is 11.5 Å². The molecule has 0 bridgehead atoms. The molecule has 2 rings (SSSR count). The third kappa shape index (κ3) is 16.8. The van der Waals surface area contributed by atoms with Gasteiger partial charge in [-0.3, -0.25) is 29.1 Å². The Bertz CT molecular complexity index is 733. The first-order chi connectivity index (χ1) is 14.7. The van der Waals surface area contributed by atoms with E-state index < -0.39 is 23.8 Å². The maximum absolute atomic E-state index is 10.4. The van der Waals surface area contributed by atoms with Gasteiger partial charge in [0.2, 0.25) is 11.8 Å². The highest BCUT2D eigenvalue weighted by Gasteiger charge is 1.98. The van der Waals surface area contributed by atoms with E-state index in [1.54, 1.807) is 36.7 Å². The lowest BCUT2D eigenvalue weighted by molar-refractivity contribution is -0.138. The molecule has 2 amide bonds. The predicted octanol–water partition coefficient (Wildman–Crippen LogP) is 2.25. The van der Waals surface area contributed by atoms with Crippen LogP contribution in [0.25, 0.3) is 0 Å². The number of primary amides is 2. The summed E-state index contributed by atoms with van der Waals surface area (Å²) in [4.78, 5) is 48.4. The van der Waals surface area contributed by atoms with E-state index in [0.717, 1.165) is 19.3 Å². The van der Waals surface area contributed by atoms with Crippen LogP contribution in [0.2, 0.25) is 0 Å². The number of carboxylic acids is 2. The molecule has 0 spiro atoms. The van der Waals surface area contributed by atoms with Gasteiger partial charge >= 0.3 is 11.9 Å². The fraction of sp³-hybridized carbons (Fsp3) is 0.333. The molecule has 0 fully saturated rings. The quantitative estimate of drug-likeness (QED) is 0.411. The molecule has 0 aromatic carbocycles. The fourth-order valence-corrected chi connectivity index (χ4v) is 2.10. The third-order valence-electron chi connectivity index (χ3n) is 3.67. The third-order valence-corrected chi connectivity index (χ3v) is 3.67. The lowest BCUT2D eigenvalue weighted by Gasteiger charge is -1.97. The van der Waals surface area contributed by atoms with E-state index in [4.69, 9.17) is 21.7 Å². The van der Waals surface area contributed by atoms with Crippen LogP contribution >= 0.6 is 0 Å². The molecule has 2 aromatic rings. The Kier molecular flexibility index (Phi) is 15.0. The first-order valence-corrected chi connectivity index (χ1v) is 9.57. The SMILES string of the molecule is NC(=O)c1cccnc1.NC(=O)c1cccnc1.O=C(O)CCCCCCCC(=O)O. The van der Waals surface area contributed by atoms with Gasteiger partial charge in [0.1, 0.15) is 0 Å². The molecule has 2 aromatic heterocycles. The van der Waals surface area contributed by atoms with Gasteiger partial charge < -0.3 is 21.7 Å². The molecular formula is C21H28N4O6. The number of hydrogen-bond donors (Lipinski definition) is 4. The van der Waals surface area contributed by atoms with Crippen LogP contribution in [0.3, 0.4) is 0 Å². The van der Waals surface area contributed by atoms with Crippen molar-refractivity contribution in [3.05, 3.63) is 60.2 Å². The van der Waals surface area contributed by atoms with Crippen molar-refractivity contribution in [2.24, 2.45) is 11.5 Å². The average molecular weight is 432 g/mol. The average Bonchev–Trinajstić information content (AvgIpc) is 2.75. The van der Waals surface area contributed by atoms with Crippen molar-refractivity contribution in [2.75, 3.05) is 0 Å². The Morgan fingerprint density at radius 1 is 0.677 bits per heavy atom. The van der Waals surface area contributed by atoms with Crippen molar-refractivity contribution in [3.8, 4) is 0 Å². The number of carbonyl (C=O) groups excluding carboxylic acids is 2. The molecule has 10 heteroatoms. The molecule has 10 nitrogen and oxygen atoms in total.